The van der Waals surface area contributed by atoms with Gasteiger partial charge in [-0.3, -0.25) is 0 Å². The minimum Gasteiger partial charge on any atom is -0.435 e. The fraction of sp³-hybridized carbons (Fsp3) is 0.500. The first-order valence-corrected chi connectivity index (χ1v) is 5.56. The highest BCUT2D eigenvalue weighted by atomic mass is 19.3. The van der Waals surface area contributed by atoms with Crippen molar-refractivity contribution in [3.63, 3.8) is 0 Å². The quantitative estimate of drug-likeness (QED) is 0.774. The van der Waals surface area contributed by atoms with E-state index < -0.39 is 6.61 Å². The van der Waals surface area contributed by atoms with Gasteiger partial charge in [0.05, 0.1) is 0 Å². The molecule has 0 spiro atoms. The van der Waals surface area contributed by atoms with Crippen LogP contribution in [0.5, 0.6) is 5.75 Å². The molecule has 0 saturated carbocycles. The van der Waals surface area contributed by atoms with Crippen LogP contribution >= 0.6 is 0 Å². The Morgan fingerprint density at radius 1 is 1.29 bits per heavy atom. The van der Waals surface area contributed by atoms with Crippen LogP contribution in [0.15, 0.2) is 24.3 Å². The van der Waals surface area contributed by atoms with Crippen LogP contribution in [0.4, 0.5) is 8.78 Å². The summed E-state index contributed by atoms with van der Waals surface area (Å²) in [5.41, 5.74) is 0.947. The lowest BCUT2D eigenvalue weighted by Crippen LogP contribution is -2.21. The maximum Gasteiger partial charge on any atom is 0.387 e. The van der Waals surface area contributed by atoms with E-state index in [2.05, 4.69) is 10.1 Å². The van der Waals surface area contributed by atoms with Gasteiger partial charge in [-0.05, 0) is 30.7 Å². The van der Waals surface area contributed by atoms with E-state index in [4.69, 9.17) is 5.11 Å². The average Bonchev–Trinajstić information content (AvgIpc) is 2.29. The van der Waals surface area contributed by atoms with Crippen LogP contribution in [0, 0.1) is 0 Å². The predicted octanol–water partition coefficient (Wildman–Crippen LogP) is 2.32. The third-order valence-corrected chi connectivity index (χ3v) is 2.38. The molecule has 96 valence electrons. The number of hydrogen-bond donors (Lipinski definition) is 2. The summed E-state index contributed by atoms with van der Waals surface area (Å²) < 4.78 is 28.2. The minimum atomic E-state index is -2.80. The van der Waals surface area contributed by atoms with Gasteiger partial charge in [-0.1, -0.05) is 19.1 Å². The summed E-state index contributed by atoms with van der Waals surface area (Å²) in [7, 11) is 0. The Hall–Kier alpha value is -1.20. The lowest BCUT2D eigenvalue weighted by molar-refractivity contribution is -0.0498. The highest BCUT2D eigenvalue weighted by Gasteiger charge is 2.10. The first-order chi connectivity index (χ1) is 8.17. The number of aliphatic hydroxyl groups excluding tert-OH is 1. The molecule has 0 aromatic heterocycles. The van der Waals surface area contributed by atoms with Gasteiger partial charge in [0.25, 0.3) is 0 Å². The predicted molar refractivity (Wildman–Crippen MR) is 61.2 cm³/mol. The fourth-order valence-electron chi connectivity index (χ4n) is 1.64. The number of aliphatic hydroxyl groups is 1. The van der Waals surface area contributed by atoms with Crippen molar-refractivity contribution < 1.29 is 18.6 Å². The van der Waals surface area contributed by atoms with Gasteiger partial charge in [-0.2, -0.15) is 8.78 Å². The Morgan fingerprint density at radius 3 is 2.41 bits per heavy atom. The van der Waals surface area contributed by atoms with Gasteiger partial charge in [0.15, 0.2) is 0 Å². The number of hydrogen-bond acceptors (Lipinski definition) is 3. The normalized spacial score (nSPS) is 12.8. The van der Waals surface area contributed by atoms with Crippen molar-refractivity contribution >= 4 is 0 Å². The lowest BCUT2D eigenvalue weighted by atomic mass is 10.0. The van der Waals surface area contributed by atoms with E-state index in [0.29, 0.717) is 6.42 Å². The molecule has 0 heterocycles. The second kappa shape index (κ2) is 7.19. The molecule has 1 rings (SSSR count). The van der Waals surface area contributed by atoms with E-state index in [-0.39, 0.29) is 18.4 Å². The molecule has 0 aliphatic rings. The number of halogens is 2. The fourth-order valence-corrected chi connectivity index (χ4v) is 1.64. The SMILES string of the molecule is CCNC(CCO)c1ccc(OC(F)F)cc1. The molecule has 5 heteroatoms. The van der Waals surface area contributed by atoms with Crippen molar-refractivity contribution in [3.8, 4) is 5.75 Å². The summed E-state index contributed by atoms with van der Waals surface area (Å²) in [6.45, 7) is 0.0220. The molecular weight excluding hydrogens is 228 g/mol. The Kier molecular flexibility index (Phi) is 5.86. The zero-order valence-electron chi connectivity index (χ0n) is 9.70. The highest BCUT2D eigenvalue weighted by molar-refractivity contribution is 5.29. The molecule has 0 aliphatic heterocycles. The molecule has 2 N–H and O–H groups in total. The first kappa shape index (κ1) is 13.9. The Balaban J connectivity index is 2.69. The highest BCUT2D eigenvalue weighted by Crippen LogP contribution is 2.21. The van der Waals surface area contributed by atoms with Crippen LogP contribution < -0.4 is 10.1 Å². The van der Waals surface area contributed by atoms with Gasteiger partial charge in [0, 0.05) is 12.6 Å². The molecule has 0 saturated heterocycles. The third-order valence-electron chi connectivity index (χ3n) is 2.38. The summed E-state index contributed by atoms with van der Waals surface area (Å²) in [6.07, 6.45) is 0.586. The van der Waals surface area contributed by atoms with E-state index in [1.165, 1.54) is 12.1 Å². The molecule has 0 aliphatic carbocycles. The molecule has 3 nitrogen and oxygen atoms in total. The van der Waals surface area contributed by atoms with Gasteiger partial charge in [-0.15, -0.1) is 0 Å². The molecule has 0 fully saturated rings. The number of ether oxygens (including phenoxy) is 1. The lowest BCUT2D eigenvalue weighted by Gasteiger charge is -2.17. The molecule has 17 heavy (non-hydrogen) atoms. The Bertz CT molecular complexity index is 311. The Morgan fingerprint density at radius 2 is 1.94 bits per heavy atom. The van der Waals surface area contributed by atoms with Crippen LogP contribution in [0.3, 0.4) is 0 Å². The van der Waals surface area contributed by atoms with Gasteiger partial charge in [0.2, 0.25) is 0 Å². The second-order valence-corrected chi connectivity index (χ2v) is 3.57. The van der Waals surface area contributed by atoms with Crippen LogP contribution in [0.25, 0.3) is 0 Å². The van der Waals surface area contributed by atoms with Crippen LogP contribution in [0.2, 0.25) is 0 Å². The third kappa shape index (κ3) is 4.66. The molecule has 0 amide bonds. The van der Waals surface area contributed by atoms with E-state index in [0.717, 1.165) is 12.1 Å². The number of benzene rings is 1. The van der Waals surface area contributed by atoms with E-state index in [9.17, 15) is 8.78 Å². The van der Waals surface area contributed by atoms with Crippen molar-refractivity contribution in [2.75, 3.05) is 13.2 Å². The molecule has 1 aromatic rings. The topological polar surface area (TPSA) is 41.5 Å². The summed E-state index contributed by atoms with van der Waals surface area (Å²) in [4.78, 5) is 0. The first-order valence-electron chi connectivity index (χ1n) is 5.56. The summed E-state index contributed by atoms with van der Waals surface area (Å²) in [5.74, 6) is 0.142. The van der Waals surface area contributed by atoms with Crippen LogP contribution in [0.1, 0.15) is 24.9 Å². The van der Waals surface area contributed by atoms with E-state index in [1.807, 2.05) is 6.92 Å². The zero-order valence-corrected chi connectivity index (χ0v) is 9.70. The standard InChI is InChI=1S/C12H17F2NO2/c1-2-15-11(7-8-16)9-3-5-10(6-4-9)17-12(13)14/h3-6,11-12,15-16H,2,7-8H2,1H3. The average molecular weight is 245 g/mol. The van der Waals surface area contributed by atoms with Gasteiger partial charge >= 0.3 is 6.61 Å². The molecule has 0 bridgehead atoms. The summed E-state index contributed by atoms with van der Waals surface area (Å²) in [6, 6.07) is 6.49. The van der Waals surface area contributed by atoms with Crippen molar-refractivity contribution in [1.29, 1.82) is 0 Å². The molecule has 1 atom stereocenters. The van der Waals surface area contributed by atoms with Crippen molar-refractivity contribution in [2.24, 2.45) is 0 Å². The number of rotatable bonds is 7. The zero-order chi connectivity index (χ0) is 12.7. The maximum atomic E-state index is 12.0. The smallest absolute Gasteiger partial charge is 0.387 e. The molecular formula is C12H17F2NO2. The second-order valence-electron chi connectivity index (χ2n) is 3.57. The summed E-state index contributed by atoms with van der Waals surface area (Å²) >= 11 is 0. The van der Waals surface area contributed by atoms with Crippen LogP contribution in [-0.4, -0.2) is 24.9 Å². The van der Waals surface area contributed by atoms with E-state index >= 15 is 0 Å². The van der Waals surface area contributed by atoms with Crippen molar-refractivity contribution in [2.45, 2.75) is 26.0 Å². The van der Waals surface area contributed by atoms with Gasteiger partial charge in [-0.25, -0.2) is 0 Å². The van der Waals surface area contributed by atoms with Crippen LogP contribution in [-0.2, 0) is 0 Å². The largest absolute Gasteiger partial charge is 0.435 e. The van der Waals surface area contributed by atoms with Crippen molar-refractivity contribution in [3.05, 3.63) is 29.8 Å². The molecule has 1 aromatic carbocycles. The van der Waals surface area contributed by atoms with Gasteiger partial charge < -0.3 is 15.2 Å². The molecule has 1 unspecified atom stereocenters. The summed E-state index contributed by atoms with van der Waals surface area (Å²) in [5, 5.41) is 12.1. The minimum absolute atomic E-state index is 0.0330. The van der Waals surface area contributed by atoms with Crippen molar-refractivity contribution in [1.82, 2.24) is 5.32 Å². The number of nitrogens with one attached hydrogen (secondary N) is 1. The monoisotopic (exact) mass is 245 g/mol. The molecule has 0 radical (unpaired) electrons. The van der Waals surface area contributed by atoms with Gasteiger partial charge in [0.1, 0.15) is 5.75 Å². The van der Waals surface area contributed by atoms with E-state index in [1.54, 1.807) is 12.1 Å². The maximum absolute atomic E-state index is 12.0. The number of alkyl halides is 2. The Labute approximate surface area is 99.4 Å².